The normalized spacial score (nSPS) is 15.6. The van der Waals surface area contributed by atoms with E-state index in [0.717, 1.165) is 25.7 Å². The molecule has 0 atom stereocenters. The minimum Gasteiger partial charge on any atom is -0.308 e. The molecule has 18 heavy (non-hydrogen) atoms. The van der Waals surface area contributed by atoms with Crippen LogP contribution in [0.5, 0.6) is 0 Å². The topological polar surface area (TPSA) is 28.2 Å². The molecule has 100 valence electrons. The average Bonchev–Trinajstić information content (AvgIpc) is 3.17. The van der Waals surface area contributed by atoms with Crippen molar-refractivity contribution < 1.29 is 0 Å². The van der Waals surface area contributed by atoms with Gasteiger partial charge in [-0.2, -0.15) is 0 Å². The first-order valence-electron chi connectivity index (χ1n) is 7.11. The van der Waals surface area contributed by atoms with Crippen LogP contribution in [-0.2, 0) is 13.1 Å². The molecule has 1 N–H and O–H groups in total. The van der Waals surface area contributed by atoms with Crippen molar-refractivity contribution in [2.24, 2.45) is 0 Å². The van der Waals surface area contributed by atoms with Crippen LogP contribution in [0.15, 0.2) is 18.2 Å². The third-order valence-electron chi connectivity index (χ3n) is 3.52. The van der Waals surface area contributed by atoms with Crippen molar-refractivity contribution in [3.05, 3.63) is 29.6 Å². The third kappa shape index (κ3) is 4.07. The van der Waals surface area contributed by atoms with E-state index < -0.39 is 0 Å². The van der Waals surface area contributed by atoms with Crippen LogP contribution in [0.3, 0.4) is 0 Å². The van der Waals surface area contributed by atoms with Gasteiger partial charge in [0, 0.05) is 25.2 Å². The van der Waals surface area contributed by atoms with Gasteiger partial charge < -0.3 is 5.32 Å². The highest BCUT2D eigenvalue weighted by molar-refractivity contribution is 5.11. The summed E-state index contributed by atoms with van der Waals surface area (Å²) in [7, 11) is 0. The van der Waals surface area contributed by atoms with Crippen molar-refractivity contribution in [1.29, 1.82) is 0 Å². The quantitative estimate of drug-likeness (QED) is 0.802. The van der Waals surface area contributed by atoms with E-state index in [4.69, 9.17) is 4.98 Å². The van der Waals surface area contributed by atoms with Gasteiger partial charge in [-0.3, -0.25) is 9.88 Å². The van der Waals surface area contributed by atoms with Gasteiger partial charge in [-0.05, 0) is 45.4 Å². The van der Waals surface area contributed by atoms with Gasteiger partial charge in [0.15, 0.2) is 0 Å². The van der Waals surface area contributed by atoms with Gasteiger partial charge in [0.25, 0.3) is 0 Å². The summed E-state index contributed by atoms with van der Waals surface area (Å²) in [5.74, 6) is 0. The number of hydrogen-bond donors (Lipinski definition) is 1. The summed E-state index contributed by atoms with van der Waals surface area (Å²) in [6.45, 7) is 9.62. The van der Waals surface area contributed by atoms with E-state index in [9.17, 15) is 0 Å². The molecule has 0 saturated heterocycles. The number of hydrogen-bond acceptors (Lipinski definition) is 3. The molecule has 0 spiro atoms. The molecule has 1 aliphatic rings. The predicted octanol–water partition coefficient (Wildman–Crippen LogP) is 2.56. The smallest absolute Gasteiger partial charge is 0.0547 e. The fourth-order valence-corrected chi connectivity index (χ4v) is 2.12. The minimum absolute atomic E-state index is 0.574. The van der Waals surface area contributed by atoms with Gasteiger partial charge in [0.2, 0.25) is 0 Å². The van der Waals surface area contributed by atoms with Gasteiger partial charge >= 0.3 is 0 Å². The van der Waals surface area contributed by atoms with Gasteiger partial charge in [-0.1, -0.05) is 13.0 Å². The molecule has 0 unspecified atom stereocenters. The van der Waals surface area contributed by atoms with E-state index in [2.05, 4.69) is 49.2 Å². The largest absolute Gasteiger partial charge is 0.308 e. The van der Waals surface area contributed by atoms with E-state index >= 15 is 0 Å². The maximum atomic E-state index is 4.74. The molecule has 1 aromatic rings. The van der Waals surface area contributed by atoms with Crippen LogP contribution in [0.4, 0.5) is 0 Å². The van der Waals surface area contributed by atoms with Crippen molar-refractivity contribution in [2.45, 2.75) is 58.8 Å². The van der Waals surface area contributed by atoms with Crippen LogP contribution in [-0.4, -0.2) is 28.5 Å². The Kier molecular flexibility index (Phi) is 4.72. The SMILES string of the molecule is CCN(Cc1cccc(CNC2CC2)n1)C(C)C. The highest BCUT2D eigenvalue weighted by Crippen LogP contribution is 2.19. The van der Waals surface area contributed by atoms with Crippen molar-refractivity contribution in [1.82, 2.24) is 15.2 Å². The molecule has 1 aromatic heterocycles. The standard InChI is InChI=1S/C15H25N3/c1-4-18(12(2)3)11-15-7-5-6-14(17-15)10-16-13-8-9-13/h5-7,12-13,16H,4,8-11H2,1-3H3. The van der Waals surface area contributed by atoms with Gasteiger partial charge in [-0.25, -0.2) is 0 Å². The van der Waals surface area contributed by atoms with Crippen LogP contribution in [0, 0.1) is 0 Å². The van der Waals surface area contributed by atoms with Crippen molar-refractivity contribution in [3.63, 3.8) is 0 Å². The lowest BCUT2D eigenvalue weighted by Crippen LogP contribution is -2.30. The summed E-state index contributed by atoms with van der Waals surface area (Å²) >= 11 is 0. The van der Waals surface area contributed by atoms with Crippen molar-refractivity contribution in [2.75, 3.05) is 6.54 Å². The zero-order valence-electron chi connectivity index (χ0n) is 11.8. The van der Waals surface area contributed by atoms with E-state index in [1.165, 1.54) is 24.2 Å². The molecule has 1 heterocycles. The molecule has 1 saturated carbocycles. The number of aromatic nitrogens is 1. The third-order valence-corrected chi connectivity index (χ3v) is 3.52. The Hall–Kier alpha value is -0.930. The highest BCUT2D eigenvalue weighted by Gasteiger charge is 2.20. The molecule has 3 nitrogen and oxygen atoms in total. The number of nitrogens with zero attached hydrogens (tertiary/aromatic N) is 2. The monoisotopic (exact) mass is 247 g/mol. The van der Waals surface area contributed by atoms with Crippen molar-refractivity contribution in [3.8, 4) is 0 Å². The molecule has 0 amide bonds. The van der Waals surface area contributed by atoms with Crippen LogP contribution in [0.1, 0.15) is 45.0 Å². The van der Waals surface area contributed by atoms with Crippen LogP contribution in [0.2, 0.25) is 0 Å². The number of nitrogens with one attached hydrogen (secondary N) is 1. The van der Waals surface area contributed by atoms with Crippen LogP contribution < -0.4 is 5.32 Å². The summed E-state index contributed by atoms with van der Waals surface area (Å²) in [6.07, 6.45) is 2.66. The Morgan fingerprint density at radius 1 is 1.33 bits per heavy atom. The van der Waals surface area contributed by atoms with E-state index in [1.807, 2.05) is 0 Å². The Balaban J connectivity index is 1.92. The molecule has 0 bridgehead atoms. The fourth-order valence-electron chi connectivity index (χ4n) is 2.12. The Morgan fingerprint density at radius 2 is 2.06 bits per heavy atom. The summed E-state index contributed by atoms with van der Waals surface area (Å²) in [5.41, 5.74) is 2.35. The first-order valence-corrected chi connectivity index (χ1v) is 7.11. The second kappa shape index (κ2) is 6.30. The molecule has 0 radical (unpaired) electrons. The van der Waals surface area contributed by atoms with Crippen LogP contribution >= 0.6 is 0 Å². The summed E-state index contributed by atoms with van der Waals surface area (Å²) in [4.78, 5) is 7.17. The summed E-state index contributed by atoms with van der Waals surface area (Å²) in [5, 5.41) is 3.51. The summed E-state index contributed by atoms with van der Waals surface area (Å²) in [6, 6.07) is 7.69. The number of rotatable bonds is 7. The van der Waals surface area contributed by atoms with Gasteiger partial charge in [0.05, 0.1) is 11.4 Å². The molecule has 0 aromatic carbocycles. The lowest BCUT2D eigenvalue weighted by atomic mass is 10.2. The van der Waals surface area contributed by atoms with Crippen molar-refractivity contribution >= 4 is 0 Å². The second-order valence-electron chi connectivity index (χ2n) is 5.43. The Bertz CT molecular complexity index is 372. The average molecular weight is 247 g/mol. The molecule has 0 aliphatic heterocycles. The second-order valence-corrected chi connectivity index (χ2v) is 5.43. The van der Waals surface area contributed by atoms with Gasteiger partial charge in [0.1, 0.15) is 0 Å². The zero-order chi connectivity index (χ0) is 13.0. The minimum atomic E-state index is 0.574. The molecule has 2 rings (SSSR count). The maximum Gasteiger partial charge on any atom is 0.0547 e. The Morgan fingerprint density at radius 3 is 2.67 bits per heavy atom. The van der Waals surface area contributed by atoms with E-state index in [0.29, 0.717) is 6.04 Å². The lowest BCUT2D eigenvalue weighted by molar-refractivity contribution is 0.222. The maximum absolute atomic E-state index is 4.74. The Labute approximate surface area is 111 Å². The molecule has 3 heteroatoms. The predicted molar refractivity (Wildman–Crippen MR) is 75.3 cm³/mol. The molecule has 1 aliphatic carbocycles. The molecular weight excluding hydrogens is 222 g/mol. The van der Waals surface area contributed by atoms with Gasteiger partial charge in [-0.15, -0.1) is 0 Å². The first kappa shape index (κ1) is 13.5. The van der Waals surface area contributed by atoms with Crippen LogP contribution in [0.25, 0.3) is 0 Å². The number of pyridine rings is 1. The molecular formula is C15H25N3. The first-order chi connectivity index (χ1) is 8.69. The fraction of sp³-hybridized carbons (Fsp3) is 0.667. The zero-order valence-corrected chi connectivity index (χ0v) is 11.8. The lowest BCUT2D eigenvalue weighted by Gasteiger charge is -2.24. The molecule has 1 fully saturated rings. The van der Waals surface area contributed by atoms with E-state index in [1.54, 1.807) is 0 Å². The highest BCUT2D eigenvalue weighted by atomic mass is 15.1. The summed E-state index contributed by atoms with van der Waals surface area (Å²) < 4.78 is 0. The van der Waals surface area contributed by atoms with E-state index in [-0.39, 0.29) is 0 Å².